The molecule has 86 valence electrons. The van der Waals surface area contributed by atoms with E-state index in [0.29, 0.717) is 19.4 Å². The van der Waals surface area contributed by atoms with Crippen molar-refractivity contribution in [2.45, 2.75) is 38.6 Å². The predicted molar refractivity (Wildman–Crippen MR) is 55.3 cm³/mol. The fourth-order valence-electron chi connectivity index (χ4n) is 1.62. The van der Waals surface area contributed by atoms with E-state index in [2.05, 4.69) is 5.32 Å². The summed E-state index contributed by atoms with van der Waals surface area (Å²) in [5.74, 6) is -0.151. The van der Waals surface area contributed by atoms with Gasteiger partial charge in [0, 0.05) is 13.2 Å². The SMILES string of the molecule is CCCCC1NC(=O)N(CCCO)C1=O. The average molecular weight is 214 g/mol. The molecule has 0 bridgehead atoms. The molecule has 1 atom stereocenters. The summed E-state index contributed by atoms with van der Waals surface area (Å²) in [6.45, 7) is 2.35. The van der Waals surface area contributed by atoms with Crippen LogP contribution in [0.2, 0.25) is 0 Å². The van der Waals surface area contributed by atoms with E-state index in [1.54, 1.807) is 0 Å². The van der Waals surface area contributed by atoms with E-state index in [1.165, 1.54) is 4.90 Å². The largest absolute Gasteiger partial charge is 0.396 e. The normalized spacial score (nSPS) is 20.9. The highest BCUT2D eigenvalue weighted by atomic mass is 16.3. The van der Waals surface area contributed by atoms with Gasteiger partial charge in [-0.1, -0.05) is 19.8 Å². The molecule has 2 N–H and O–H groups in total. The Labute approximate surface area is 89.4 Å². The zero-order valence-electron chi connectivity index (χ0n) is 9.03. The second-order valence-corrected chi connectivity index (χ2v) is 3.71. The van der Waals surface area contributed by atoms with Crippen molar-refractivity contribution in [3.05, 3.63) is 0 Å². The molecule has 1 rings (SSSR count). The number of hydrogen-bond acceptors (Lipinski definition) is 3. The molecule has 1 heterocycles. The Morgan fingerprint density at radius 3 is 2.73 bits per heavy atom. The number of carbonyl (C=O) groups is 2. The Bertz CT molecular complexity index is 243. The summed E-state index contributed by atoms with van der Waals surface area (Å²) in [6.07, 6.45) is 3.09. The highest BCUT2D eigenvalue weighted by Gasteiger charge is 2.36. The highest BCUT2D eigenvalue weighted by Crippen LogP contribution is 2.12. The summed E-state index contributed by atoms with van der Waals surface area (Å²) in [7, 11) is 0. The number of aliphatic hydroxyl groups excluding tert-OH is 1. The van der Waals surface area contributed by atoms with Gasteiger partial charge >= 0.3 is 6.03 Å². The molecule has 0 aromatic heterocycles. The Kier molecular flexibility index (Phi) is 4.55. The van der Waals surface area contributed by atoms with E-state index in [4.69, 9.17) is 5.11 Å². The molecule has 3 amide bonds. The van der Waals surface area contributed by atoms with Crippen LogP contribution < -0.4 is 5.32 Å². The predicted octanol–water partition coefficient (Wildman–Crippen LogP) is 0.479. The van der Waals surface area contributed by atoms with Gasteiger partial charge in [-0.05, 0) is 12.8 Å². The molecule has 0 aromatic carbocycles. The maximum Gasteiger partial charge on any atom is 0.324 e. The van der Waals surface area contributed by atoms with E-state index >= 15 is 0 Å². The topological polar surface area (TPSA) is 69.6 Å². The van der Waals surface area contributed by atoms with Gasteiger partial charge in [-0.3, -0.25) is 9.69 Å². The lowest BCUT2D eigenvalue weighted by Gasteiger charge is -2.11. The molecule has 1 aliphatic heterocycles. The van der Waals surface area contributed by atoms with Gasteiger partial charge in [0.05, 0.1) is 0 Å². The number of rotatable bonds is 6. The molecule has 5 nitrogen and oxygen atoms in total. The van der Waals surface area contributed by atoms with E-state index < -0.39 is 0 Å². The minimum Gasteiger partial charge on any atom is -0.396 e. The van der Waals surface area contributed by atoms with E-state index in [0.717, 1.165) is 12.8 Å². The van der Waals surface area contributed by atoms with Crippen LogP contribution in [-0.2, 0) is 4.79 Å². The van der Waals surface area contributed by atoms with Crippen LogP contribution in [0.3, 0.4) is 0 Å². The van der Waals surface area contributed by atoms with E-state index in [1.807, 2.05) is 6.92 Å². The van der Waals surface area contributed by atoms with Gasteiger partial charge in [0.15, 0.2) is 0 Å². The van der Waals surface area contributed by atoms with E-state index in [9.17, 15) is 9.59 Å². The number of amides is 3. The number of nitrogens with one attached hydrogen (secondary N) is 1. The summed E-state index contributed by atoms with van der Waals surface area (Å²) >= 11 is 0. The van der Waals surface area contributed by atoms with Crippen molar-refractivity contribution >= 4 is 11.9 Å². The molecule has 5 heteroatoms. The number of aliphatic hydroxyl groups is 1. The lowest BCUT2D eigenvalue weighted by Crippen LogP contribution is -2.32. The quantitative estimate of drug-likeness (QED) is 0.632. The summed E-state index contributed by atoms with van der Waals surface area (Å²) in [4.78, 5) is 24.3. The minimum atomic E-state index is -0.351. The molecule has 1 fully saturated rings. The number of hydrogen-bond donors (Lipinski definition) is 2. The summed E-state index contributed by atoms with van der Waals surface area (Å²) in [6, 6.07) is -0.675. The van der Waals surface area contributed by atoms with Gasteiger partial charge in [-0.2, -0.15) is 0 Å². The van der Waals surface area contributed by atoms with Crippen LogP contribution in [0, 0.1) is 0 Å². The second-order valence-electron chi connectivity index (χ2n) is 3.71. The van der Waals surface area contributed by atoms with Crippen molar-refractivity contribution in [3.63, 3.8) is 0 Å². The first-order valence-electron chi connectivity index (χ1n) is 5.43. The lowest BCUT2D eigenvalue weighted by atomic mass is 10.1. The molecule has 0 spiro atoms. The third-order valence-corrected chi connectivity index (χ3v) is 2.49. The average Bonchev–Trinajstić information content (AvgIpc) is 2.49. The van der Waals surface area contributed by atoms with Crippen LogP contribution >= 0.6 is 0 Å². The van der Waals surface area contributed by atoms with Crippen LogP contribution in [0.5, 0.6) is 0 Å². The molecule has 0 saturated carbocycles. The zero-order valence-corrected chi connectivity index (χ0v) is 9.03. The first-order chi connectivity index (χ1) is 7.20. The molecule has 1 unspecified atom stereocenters. The minimum absolute atomic E-state index is 0.00329. The molecule has 0 radical (unpaired) electrons. The van der Waals surface area contributed by atoms with Crippen molar-refractivity contribution in [1.29, 1.82) is 0 Å². The van der Waals surface area contributed by atoms with Crippen molar-refractivity contribution in [1.82, 2.24) is 10.2 Å². The molecular weight excluding hydrogens is 196 g/mol. The van der Waals surface area contributed by atoms with Gasteiger partial charge in [-0.25, -0.2) is 4.79 Å². The molecular formula is C10H18N2O3. The van der Waals surface area contributed by atoms with Gasteiger partial charge in [0.25, 0.3) is 5.91 Å². The third kappa shape index (κ3) is 2.92. The van der Waals surface area contributed by atoms with Crippen molar-refractivity contribution in [2.24, 2.45) is 0 Å². The van der Waals surface area contributed by atoms with Crippen molar-refractivity contribution < 1.29 is 14.7 Å². The Morgan fingerprint density at radius 2 is 2.13 bits per heavy atom. The smallest absolute Gasteiger partial charge is 0.324 e. The fourth-order valence-corrected chi connectivity index (χ4v) is 1.62. The standard InChI is InChI=1S/C10H18N2O3/c1-2-3-5-8-9(14)12(6-4-7-13)10(15)11-8/h8,13H,2-7H2,1H3,(H,11,15). The van der Waals surface area contributed by atoms with Gasteiger partial charge in [0.1, 0.15) is 6.04 Å². The maximum atomic E-state index is 11.7. The summed E-state index contributed by atoms with van der Waals surface area (Å²) in [5.41, 5.74) is 0. The molecule has 0 aromatic rings. The molecule has 1 aliphatic rings. The maximum absolute atomic E-state index is 11.7. The Hall–Kier alpha value is -1.10. The van der Waals surface area contributed by atoms with Gasteiger partial charge < -0.3 is 10.4 Å². The second kappa shape index (κ2) is 5.70. The van der Waals surface area contributed by atoms with Crippen molar-refractivity contribution in [2.75, 3.05) is 13.2 Å². The molecule has 0 aliphatic carbocycles. The molecule has 1 saturated heterocycles. The summed E-state index contributed by atoms with van der Waals surface area (Å²) < 4.78 is 0. The van der Waals surface area contributed by atoms with Crippen molar-refractivity contribution in [3.8, 4) is 0 Å². The van der Waals surface area contributed by atoms with Gasteiger partial charge in [0.2, 0.25) is 0 Å². The lowest BCUT2D eigenvalue weighted by molar-refractivity contribution is -0.127. The fraction of sp³-hybridized carbons (Fsp3) is 0.800. The van der Waals surface area contributed by atoms with Crippen LogP contribution in [0.4, 0.5) is 4.79 Å². The van der Waals surface area contributed by atoms with Gasteiger partial charge in [-0.15, -0.1) is 0 Å². The monoisotopic (exact) mass is 214 g/mol. The number of imide groups is 1. The Balaban J connectivity index is 2.46. The highest BCUT2D eigenvalue weighted by molar-refractivity contribution is 6.04. The first-order valence-corrected chi connectivity index (χ1v) is 5.43. The number of unbranched alkanes of at least 4 members (excludes halogenated alkanes) is 1. The van der Waals surface area contributed by atoms with Crippen LogP contribution in [0.25, 0.3) is 0 Å². The Morgan fingerprint density at radius 1 is 1.40 bits per heavy atom. The summed E-state index contributed by atoms with van der Waals surface area (Å²) in [5, 5.41) is 11.3. The van der Waals surface area contributed by atoms with Crippen LogP contribution in [0.15, 0.2) is 0 Å². The number of urea groups is 1. The first kappa shape index (κ1) is 12.0. The third-order valence-electron chi connectivity index (χ3n) is 2.49. The number of carbonyl (C=O) groups excluding carboxylic acids is 2. The number of nitrogens with zero attached hydrogens (tertiary/aromatic N) is 1. The van der Waals surface area contributed by atoms with E-state index in [-0.39, 0.29) is 24.6 Å². The van der Waals surface area contributed by atoms with Crippen LogP contribution in [-0.4, -0.2) is 41.1 Å². The van der Waals surface area contributed by atoms with Crippen LogP contribution in [0.1, 0.15) is 32.6 Å². The molecule has 15 heavy (non-hydrogen) atoms. The zero-order chi connectivity index (χ0) is 11.3.